The lowest BCUT2D eigenvalue weighted by Crippen LogP contribution is -2.34. The monoisotopic (exact) mass is 328 g/mol. The minimum atomic E-state index is -0.279. The van der Waals surface area contributed by atoms with E-state index in [1.807, 2.05) is 19.9 Å². The number of benzene rings is 2. The highest BCUT2D eigenvalue weighted by Crippen LogP contribution is 2.44. The fourth-order valence-corrected chi connectivity index (χ4v) is 3.37. The van der Waals surface area contributed by atoms with Crippen molar-refractivity contribution in [3.05, 3.63) is 59.7 Å². The number of aromatic amines is 1. The number of fused-ring (bicyclic) bond motifs is 1. The third-order valence-electron chi connectivity index (χ3n) is 4.54. The normalized spacial score (nSPS) is 19.5. The van der Waals surface area contributed by atoms with Gasteiger partial charge in [-0.25, -0.2) is 8.78 Å². The highest BCUT2D eigenvalue weighted by Gasteiger charge is 2.32. The van der Waals surface area contributed by atoms with Gasteiger partial charge in [0.2, 0.25) is 0 Å². The molecule has 0 unspecified atom stereocenters. The third-order valence-corrected chi connectivity index (χ3v) is 4.54. The minimum absolute atomic E-state index is 0.213. The van der Waals surface area contributed by atoms with E-state index in [4.69, 9.17) is 5.73 Å². The van der Waals surface area contributed by atoms with Crippen LogP contribution in [0.3, 0.4) is 0 Å². The maximum atomic E-state index is 14.1. The molecule has 126 valence electrons. The molecule has 2 nitrogen and oxygen atoms in total. The number of aromatic nitrogens is 1. The van der Waals surface area contributed by atoms with Crippen molar-refractivity contribution >= 4 is 10.9 Å². The lowest BCUT2D eigenvalue weighted by Gasteiger charge is -2.33. The van der Waals surface area contributed by atoms with E-state index in [1.54, 1.807) is 18.2 Å². The zero-order valence-electron chi connectivity index (χ0n) is 13.9. The first-order valence-electron chi connectivity index (χ1n) is 8.45. The Morgan fingerprint density at radius 1 is 1.00 bits per heavy atom. The molecule has 0 radical (unpaired) electrons. The third kappa shape index (κ3) is 2.82. The van der Waals surface area contributed by atoms with Crippen LogP contribution in [-0.2, 0) is 0 Å². The number of H-pyrrole nitrogens is 1. The smallest absolute Gasteiger partial charge is 0.147 e. The first-order chi connectivity index (χ1) is 11.6. The molecule has 1 aliphatic rings. The zero-order valence-corrected chi connectivity index (χ0v) is 13.9. The number of nitrogens with one attached hydrogen (secondary N) is 1. The predicted molar refractivity (Wildman–Crippen MR) is 94.9 cm³/mol. The zero-order chi connectivity index (χ0) is 17.3. The molecule has 0 bridgehead atoms. The molecule has 3 aromatic rings. The van der Waals surface area contributed by atoms with Crippen LogP contribution in [0.25, 0.3) is 22.2 Å². The van der Waals surface area contributed by atoms with Crippen LogP contribution in [0.15, 0.2) is 42.5 Å². The largest absolute Gasteiger partial charge is 0.352 e. The minimum Gasteiger partial charge on any atom is -0.352 e. The van der Waals surface area contributed by atoms with E-state index in [0.29, 0.717) is 11.4 Å². The van der Waals surface area contributed by atoms with Crippen LogP contribution in [0, 0.1) is 11.6 Å². The van der Waals surface area contributed by atoms with E-state index in [-0.39, 0.29) is 17.7 Å². The first kappa shape index (κ1) is 16.7. The number of rotatable bonds is 2. The molecule has 2 aromatic carbocycles. The molecule has 24 heavy (non-hydrogen) atoms. The molecule has 0 amide bonds. The Labute approximate surface area is 140 Å². The van der Waals surface area contributed by atoms with Crippen molar-refractivity contribution in [2.75, 3.05) is 0 Å². The second-order valence-electron chi connectivity index (χ2n) is 6.01. The van der Waals surface area contributed by atoms with Crippen LogP contribution < -0.4 is 5.73 Å². The Bertz CT molecular complexity index is 831. The number of hydrogen-bond acceptors (Lipinski definition) is 1. The van der Waals surface area contributed by atoms with E-state index in [1.165, 1.54) is 18.2 Å². The molecule has 1 fully saturated rings. The average Bonchev–Trinajstić information content (AvgIpc) is 2.95. The number of hydrogen-bond donors (Lipinski definition) is 2. The summed E-state index contributed by atoms with van der Waals surface area (Å²) in [5.74, 6) is -0.223. The quantitative estimate of drug-likeness (QED) is 0.655. The Hall–Kier alpha value is -2.20. The maximum Gasteiger partial charge on any atom is 0.147 e. The van der Waals surface area contributed by atoms with Crippen LogP contribution in [0.1, 0.15) is 38.2 Å². The molecular weight excluding hydrogens is 306 g/mol. The molecule has 1 aliphatic carbocycles. The molecule has 0 aliphatic heterocycles. The second-order valence-corrected chi connectivity index (χ2v) is 6.01. The Morgan fingerprint density at radius 2 is 1.67 bits per heavy atom. The molecule has 1 aromatic heterocycles. The topological polar surface area (TPSA) is 41.8 Å². The summed E-state index contributed by atoms with van der Waals surface area (Å²) in [6, 6.07) is 11.6. The fraction of sp³-hybridized carbons (Fsp3) is 0.300. The lowest BCUT2D eigenvalue weighted by atomic mass is 9.75. The highest BCUT2D eigenvalue weighted by atomic mass is 19.1. The van der Waals surface area contributed by atoms with Crippen molar-refractivity contribution in [2.24, 2.45) is 5.73 Å². The van der Waals surface area contributed by atoms with E-state index >= 15 is 0 Å². The van der Waals surface area contributed by atoms with Gasteiger partial charge in [-0.05, 0) is 60.2 Å². The van der Waals surface area contributed by atoms with E-state index in [9.17, 15) is 8.78 Å². The molecular formula is C20H22F2N2. The van der Waals surface area contributed by atoms with Gasteiger partial charge in [0.1, 0.15) is 11.6 Å². The van der Waals surface area contributed by atoms with Gasteiger partial charge in [0.05, 0.1) is 11.2 Å². The van der Waals surface area contributed by atoms with Crippen LogP contribution in [-0.4, -0.2) is 11.0 Å². The van der Waals surface area contributed by atoms with Crippen LogP contribution >= 0.6 is 0 Å². The van der Waals surface area contributed by atoms with Gasteiger partial charge in [0, 0.05) is 11.4 Å². The standard InChI is InChI=1S/C18H16F2N2.C2H6/c19-12-6-4-10(5-7-12)17-16(11-8-13(21)9-11)14-2-1-3-15(20)18(14)22-17;1-2/h1-7,11,13,22H,8-9,21H2;1-2H3. The Kier molecular flexibility index (Phi) is 4.67. The van der Waals surface area contributed by atoms with Gasteiger partial charge in [0.15, 0.2) is 0 Å². The molecule has 4 rings (SSSR count). The van der Waals surface area contributed by atoms with Gasteiger partial charge in [0.25, 0.3) is 0 Å². The van der Waals surface area contributed by atoms with Gasteiger partial charge in [-0.15, -0.1) is 0 Å². The maximum absolute atomic E-state index is 14.1. The highest BCUT2D eigenvalue weighted by molar-refractivity contribution is 5.92. The van der Waals surface area contributed by atoms with Crippen molar-refractivity contribution in [3.63, 3.8) is 0 Å². The number of para-hydroxylation sites is 1. The van der Waals surface area contributed by atoms with Crippen molar-refractivity contribution in [3.8, 4) is 11.3 Å². The lowest BCUT2D eigenvalue weighted by molar-refractivity contribution is 0.354. The van der Waals surface area contributed by atoms with Crippen molar-refractivity contribution < 1.29 is 8.78 Å². The molecule has 0 spiro atoms. The summed E-state index contributed by atoms with van der Waals surface area (Å²) >= 11 is 0. The predicted octanol–water partition coefficient (Wildman–Crippen LogP) is 5.34. The Morgan fingerprint density at radius 3 is 2.29 bits per heavy atom. The SMILES string of the molecule is CC.NC1CC(c2c(-c3ccc(F)cc3)[nH]c3c(F)cccc23)C1. The summed E-state index contributed by atoms with van der Waals surface area (Å²) < 4.78 is 27.3. The number of nitrogens with two attached hydrogens (primary N) is 1. The molecule has 3 N–H and O–H groups in total. The number of halogens is 2. The molecule has 4 heteroatoms. The summed E-state index contributed by atoms with van der Waals surface area (Å²) in [6.45, 7) is 4.00. The van der Waals surface area contributed by atoms with E-state index in [0.717, 1.165) is 35.0 Å². The first-order valence-corrected chi connectivity index (χ1v) is 8.45. The summed E-state index contributed by atoms with van der Waals surface area (Å²) in [7, 11) is 0. The van der Waals surface area contributed by atoms with Gasteiger partial charge >= 0.3 is 0 Å². The summed E-state index contributed by atoms with van der Waals surface area (Å²) in [5.41, 5.74) is 9.28. The average molecular weight is 328 g/mol. The fourth-order valence-electron chi connectivity index (χ4n) is 3.37. The summed E-state index contributed by atoms with van der Waals surface area (Å²) in [4.78, 5) is 3.19. The van der Waals surface area contributed by atoms with Gasteiger partial charge < -0.3 is 10.7 Å². The van der Waals surface area contributed by atoms with Crippen LogP contribution in [0.2, 0.25) is 0 Å². The van der Waals surface area contributed by atoms with Crippen molar-refractivity contribution in [1.29, 1.82) is 0 Å². The van der Waals surface area contributed by atoms with Gasteiger partial charge in [-0.1, -0.05) is 26.0 Å². The summed E-state index contributed by atoms with van der Waals surface area (Å²) in [6.07, 6.45) is 1.80. The van der Waals surface area contributed by atoms with Gasteiger partial charge in [-0.3, -0.25) is 0 Å². The van der Waals surface area contributed by atoms with Crippen molar-refractivity contribution in [2.45, 2.75) is 38.6 Å². The van der Waals surface area contributed by atoms with Crippen LogP contribution in [0.5, 0.6) is 0 Å². The molecule has 1 heterocycles. The molecule has 0 atom stereocenters. The Balaban J connectivity index is 0.000000815. The van der Waals surface area contributed by atoms with E-state index < -0.39 is 0 Å². The van der Waals surface area contributed by atoms with E-state index in [2.05, 4.69) is 4.98 Å². The van der Waals surface area contributed by atoms with Gasteiger partial charge in [-0.2, -0.15) is 0 Å². The van der Waals surface area contributed by atoms with Crippen LogP contribution in [0.4, 0.5) is 8.78 Å². The summed E-state index contributed by atoms with van der Waals surface area (Å²) in [5, 5.41) is 0.899. The molecule has 0 saturated heterocycles. The second kappa shape index (κ2) is 6.73. The van der Waals surface area contributed by atoms with Crippen molar-refractivity contribution in [1.82, 2.24) is 4.98 Å². The molecule has 1 saturated carbocycles.